The van der Waals surface area contributed by atoms with E-state index < -0.39 is 17.1 Å². The van der Waals surface area contributed by atoms with Crippen LogP contribution in [0.1, 0.15) is 21.9 Å². The summed E-state index contributed by atoms with van der Waals surface area (Å²) < 4.78 is 16.1. The van der Waals surface area contributed by atoms with Crippen LogP contribution in [0, 0.1) is 0 Å². The number of furan rings is 1. The van der Waals surface area contributed by atoms with Gasteiger partial charge in [-0.2, -0.15) is 0 Å². The molecule has 2 aromatic carbocycles. The number of imide groups is 1. The molecule has 3 aromatic rings. The standard InChI is InChI=1S/C25H19BrN2O7S/c1-33-24(31)20-10-8-17(35-20)13-28-23(30)21(36-25(28)32)12-15-7-9-19(18(26)11-15)34-14-22(29)27-16-5-3-2-4-6-16/h2-12H,13-14H2,1H3,(H,27,29)/b21-12+. The molecular formula is C25H19BrN2O7S. The summed E-state index contributed by atoms with van der Waals surface area (Å²) in [5.41, 5.74) is 1.32. The predicted octanol–water partition coefficient (Wildman–Crippen LogP) is 5.08. The number of carbonyl (C=O) groups is 4. The van der Waals surface area contributed by atoms with Crippen LogP contribution in [-0.2, 0) is 20.9 Å². The van der Waals surface area contributed by atoms with E-state index in [2.05, 4.69) is 26.0 Å². The maximum Gasteiger partial charge on any atom is 0.373 e. The van der Waals surface area contributed by atoms with E-state index in [9.17, 15) is 19.2 Å². The number of methoxy groups -OCH3 is 1. The van der Waals surface area contributed by atoms with Gasteiger partial charge in [-0.15, -0.1) is 0 Å². The van der Waals surface area contributed by atoms with E-state index in [0.29, 0.717) is 21.5 Å². The third-order valence-electron chi connectivity index (χ3n) is 4.91. The van der Waals surface area contributed by atoms with Gasteiger partial charge in [-0.1, -0.05) is 24.3 Å². The fourth-order valence-electron chi connectivity index (χ4n) is 3.20. The number of thioether (sulfide) groups is 1. The second-order valence-electron chi connectivity index (χ2n) is 7.42. The number of esters is 1. The maximum absolute atomic E-state index is 12.8. The van der Waals surface area contributed by atoms with Crippen molar-refractivity contribution in [3.05, 3.63) is 87.1 Å². The van der Waals surface area contributed by atoms with Crippen molar-refractivity contribution in [3.8, 4) is 5.75 Å². The second-order valence-corrected chi connectivity index (χ2v) is 9.27. The zero-order valence-corrected chi connectivity index (χ0v) is 21.3. The Morgan fingerprint density at radius 1 is 1.11 bits per heavy atom. The summed E-state index contributed by atoms with van der Waals surface area (Å²) in [7, 11) is 1.23. The van der Waals surface area contributed by atoms with Gasteiger partial charge in [-0.05, 0) is 75.7 Å². The summed E-state index contributed by atoms with van der Waals surface area (Å²) in [6.45, 7) is -0.295. The lowest BCUT2D eigenvalue weighted by molar-refractivity contribution is -0.123. The lowest BCUT2D eigenvalue weighted by Crippen LogP contribution is -2.27. The lowest BCUT2D eigenvalue weighted by atomic mass is 10.2. The van der Waals surface area contributed by atoms with Crippen LogP contribution in [0.15, 0.2) is 74.5 Å². The summed E-state index contributed by atoms with van der Waals surface area (Å²) in [4.78, 5) is 50.1. The highest BCUT2D eigenvalue weighted by molar-refractivity contribution is 9.10. The molecule has 2 heterocycles. The third-order valence-corrected chi connectivity index (χ3v) is 6.43. The van der Waals surface area contributed by atoms with Crippen molar-refractivity contribution in [1.29, 1.82) is 0 Å². The lowest BCUT2D eigenvalue weighted by Gasteiger charge is -2.10. The number of ether oxygens (including phenoxy) is 2. The van der Waals surface area contributed by atoms with Crippen LogP contribution in [-0.4, -0.2) is 41.6 Å². The van der Waals surface area contributed by atoms with Crippen molar-refractivity contribution in [2.75, 3.05) is 19.0 Å². The number of para-hydroxylation sites is 1. The van der Waals surface area contributed by atoms with Crippen LogP contribution in [0.4, 0.5) is 10.5 Å². The van der Waals surface area contributed by atoms with Gasteiger partial charge in [0, 0.05) is 5.69 Å². The highest BCUT2D eigenvalue weighted by atomic mass is 79.9. The van der Waals surface area contributed by atoms with Gasteiger partial charge in [0.2, 0.25) is 5.76 Å². The smallest absolute Gasteiger partial charge is 0.373 e. The molecule has 4 rings (SSSR count). The molecular weight excluding hydrogens is 552 g/mol. The second kappa shape index (κ2) is 11.3. The Hall–Kier alpha value is -3.83. The van der Waals surface area contributed by atoms with Crippen LogP contribution in [0.3, 0.4) is 0 Å². The molecule has 0 saturated carbocycles. The van der Waals surface area contributed by atoms with Crippen molar-refractivity contribution < 1.29 is 33.1 Å². The zero-order valence-electron chi connectivity index (χ0n) is 18.9. The number of hydrogen-bond acceptors (Lipinski definition) is 8. The van der Waals surface area contributed by atoms with E-state index in [1.54, 1.807) is 36.4 Å². The molecule has 0 atom stereocenters. The number of rotatable bonds is 8. The molecule has 1 fully saturated rings. The number of carbonyl (C=O) groups excluding carboxylic acids is 4. The molecule has 0 aliphatic carbocycles. The van der Waals surface area contributed by atoms with E-state index in [-0.39, 0.29) is 35.5 Å². The topological polar surface area (TPSA) is 115 Å². The van der Waals surface area contributed by atoms with Gasteiger partial charge >= 0.3 is 5.97 Å². The predicted molar refractivity (Wildman–Crippen MR) is 136 cm³/mol. The molecule has 0 spiro atoms. The minimum Gasteiger partial charge on any atom is -0.483 e. The Kier molecular flexibility index (Phi) is 7.91. The number of halogens is 1. The first-order chi connectivity index (χ1) is 17.3. The molecule has 36 heavy (non-hydrogen) atoms. The Morgan fingerprint density at radius 3 is 2.61 bits per heavy atom. The first kappa shape index (κ1) is 25.3. The number of anilines is 1. The number of amides is 3. The van der Waals surface area contributed by atoms with Gasteiger partial charge in [-0.25, -0.2) is 4.79 Å². The highest BCUT2D eigenvalue weighted by Gasteiger charge is 2.35. The number of nitrogens with one attached hydrogen (secondary N) is 1. The van der Waals surface area contributed by atoms with Crippen LogP contribution >= 0.6 is 27.7 Å². The van der Waals surface area contributed by atoms with E-state index >= 15 is 0 Å². The normalized spacial score (nSPS) is 14.3. The van der Waals surface area contributed by atoms with E-state index in [1.165, 1.54) is 19.2 Å². The number of hydrogen-bond donors (Lipinski definition) is 1. The SMILES string of the molecule is COC(=O)c1ccc(CN2C(=O)S/C(=C/c3ccc(OCC(=O)Nc4ccccc4)c(Br)c3)C2=O)o1. The fraction of sp³-hybridized carbons (Fsp3) is 0.120. The van der Waals surface area contributed by atoms with Crippen molar-refractivity contribution >= 4 is 62.5 Å². The van der Waals surface area contributed by atoms with Crippen LogP contribution < -0.4 is 10.1 Å². The van der Waals surface area contributed by atoms with Crippen LogP contribution in [0.5, 0.6) is 5.75 Å². The summed E-state index contributed by atoms with van der Waals surface area (Å²) in [6, 6.07) is 17.1. The summed E-state index contributed by atoms with van der Waals surface area (Å²) >= 11 is 4.22. The fourth-order valence-corrected chi connectivity index (χ4v) is 4.55. The molecule has 0 radical (unpaired) electrons. The molecule has 11 heteroatoms. The minimum atomic E-state index is -0.648. The van der Waals surface area contributed by atoms with E-state index in [1.807, 2.05) is 18.2 Å². The minimum absolute atomic E-state index is 0.0141. The zero-order chi connectivity index (χ0) is 25.7. The molecule has 1 saturated heterocycles. The summed E-state index contributed by atoms with van der Waals surface area (Å²) in [5.74, 6) is -0.719. The van der Waals surface area contributed by atoms with Gasteiger partial charge in [-0.3, -0.25) is 19.3 Å². The van der Waals surface area contributed by atoms with Crippen LogP contribution in [0.2, 0.25) is 0 Å². The van der Waals surface area contributed by atoms with Gasteiger partial charge in [0.1, 0.15) is 11.5 Å². The third kappa shape index (κ3) is 6.04. The molecule has 1 aliphatic heterocycles. The van der Waals surface area contributed by atoms with Crippen molar-refractivity contribution in [1.82, 2.24) is 4.90 Å². The van der Waals surface area contributed by atoms with Gasteiger partial charge in [0.05, 0.1) is 23.0 Å². The Bertz CT molecular complexity index is 1350. The average Bonchev–Trinajstić information content (AvgIpc) is 3.44. The molecule has 1 aromatic heterocycles. The van der Waals surface area contributed by atoms with Crippen molar-refractivity contribution in [3.63, 3.8) is 0 Å². The highest BCUT2D eigenvalue weighted by Crippen LogP contribution is 2.35. The molecule has 0 bridgehead atoms. The van der Waals surface area contributed by atoms with E-state index in [0.717, 1.165) is 16.7 Å². The molecule has 0 unspecified atom stereocenters. The van der Waals surface area contributed by atoms with Gasteiger partial charge < -0.3 is 19.2 Å². The number of benzene rings is 2. The molecule has 184 valence electrons. The molecule has 1 aliphatic rings. The molecule has 1 N–H and O–H groups in total. The monoisotopic (exact) mass is 570 g/mol. The summed E-state index contributed by atoms with van der Waals surface area (Å²) in [6.07, 6.45) is 1.59. The first-order valence-corrected chi connectivity index (χ1v) is 12.1. The first-order valence-electron chi connectivity index (χ1n) is 10.5. The van der Waals surface area contributed by atoms with Gasteiger partial charge in [0.15, 0.2) is 6.61 Å². The maximum atomic E-state index is 12.8. The molecule has 9 nitrogen and oxygen atoms in total. The average molecular weight is 571 g/mol. The van der Waals surface area contributed by atoms with Crippen LogP contribution in [0.25, 0.3) is 6.08 Å². The number of nitrogens with zero attached hydrogens (tertiary/aromatic N) is 1. The quantitative estimate of drug-likeness (QED) is 0.294. The van der Waals surface area contributed by atoms with Crippen molar-refractivity contribution in [2.45, 2.75) is 6.54 Å². The Balaban J connectivity index is 1.38. The van der Waals surface area contributed by atoms with E-state index in [4.69, 9.17) is 9.15 Å². The summed E-state index contributed by atoms with van der Waals surface area (Å²) in [5, 5.41) is 2.28. The van der Waals surface area contributed by atoms with Gasteiger partial charge in [0.25, 0.3) is 17.1 Å². The largest absolute Gasteiger partial charge is 0.483 e. The Morgan fingerprint density at radius 2 is 1.89 bits per heavy atom. The molecule has 3 amide bonds. The Labute approximate surface area is 218 Å². The van der Waals surface area contributed by atoms with Crippen molar-refractivity contribution in [2.24, 2.45) is 0 Å².